The molecule has 2 aromatic heterocycles. The van der Waals surface area contributed by atoms with E-state index in [4.69, 9.17) is 4.42 Å². The van der Waals surface area contributed by atoms with Gasteiger partial charge < -0.3 is 15.1 Å². The zero-order valence-corrected chi connectivity index (χ0v) is 15.1. The number of nitrogens with zero attached hydrogens (tertiary/aromatic N) is 1. The standard InChI is InChI=1S/C22H17N3O3/c1-23-21(26)14-8-10-15(11-9-14)24-22(27)17-13-19(20-7-4-12-28-20)25-18-6-3-2-5-16(17)18/h2-13H,1H3,(H,23,26)(H,24,27). The van der Waals surface area contributed by atoms with E-state index >= 15 is 0 Å². The van der Waals surface area contributed by atoms with Gasteiger partial charge in [0.25, 0.3) is 11.8 Å². The van der Waals surface area contributed by atoms with Gasteiger partial charge in [-0.15, -0.1) is 0 Å². The highest BCUT2D eigenvalue weighted by Gasteiger charge is 2.15. The second kappa shape index (κ2) is 7.36. The second-order valence-electron chi connectivity index (χ2n) is 6.16. The number of hydrogen-bond donors (Lipinski definition) is 2. The normalized spacial score (nSPS) is 10.6. The third-order valence-electron chi connectivity index (χ3n) is 4.37. The molecular weight excluding hydrogens is 354 g/mol. The first-order valence-corrected chi connectivity index (χ1v) is 8.73. The van der Waals surface area contributed by atoms with E-state index in [1.54, 1.807) is 55.8 Å². The number of fused-ring (bicyclic) bond motifs is 1. The summed E-state index contributed by atoms with van der Waals surface area (Å²) in [5.74, 6) is 0.148. The van der Waals surface area contributed by atoms with Crippen LogP contribution in [0, 0.1) is 0 Å². The molecule has 6 heteroatoms. The number of para-hydroxylation sites is 1. The van der Waals surface area contributed by atoms with Gasteiger partial charge in [0.1, 0.15) is 5.69 Å². The van der Waals surface area contributed by atoms with Crippen molar-refractivity contribution in [2.24, 2.45) is 0 Å². The highest BCUT2D eigenvalue weighted by molar-refractivity contribution is 6.13. The molecule has 2 N–H and O–H groups in total. The number of hydrogen-bond acceptors (Lipinski definition) is 4. The van der Waals surface area contributed by atoms with Crippen LogP contribution in [-0.2, 0) is 0 Å². The van der Waals surface area contributed by atoms with Crippen molar-refractivity contribution in [3.63, 3.8) is 0 Å². The SMILES string of the molecule is CNC(=O)c1ccc(NC(=O)c2cc(-c3ccco3)nc3ccccc23)cc1. The van der Waals surface area contributed by atoms with Crippen LogP contribution in [-0.4, -0.2) is 23.8 Å². The van der Waals surface area contributed by atoms with E-state index in [1.807, 2.05) is 24.3 Å². The van der Waals surface area contributed by atoms with Gasteiger partial charge in [0.15, 0.2) is 5.76 Å². The smallest absolute Gasteiger partial charge is 0.256 e. The first-order chi connectivity index (χ1) is 13.7. The Morgan fingerprint density at radius 3 is 2.43 bits per heavy atom. The molecule has 138 valence electrons. The quantitative estimate of drug-likeness (QED) is 0.565. The van der Waals surface area contributed by atoms with Crippen LogP contribution in [0.15, 0.2) is 77.4 Å². The van der Waals surface area contributed by atoms with Gasteiger partial charge in [-0.3, -0.25) is 9.59 Å². The van der Waals surface area contributed by atoms with Crippen molar-refractivity contribution >= 4 is 28.4 Å². The molecule has 4 rings (SSSR count). The summed E-state index contributed by atoms with van der Waals surface area (Å²) >= 11 is 0. The second-order valence-corrected chi connectivity index (χ2v) is 6.16. The highest BCUT2D eigenvalue weighted by atomic mass is 16.3. The molecule has 0 atom stereocenters. The lowest BCUT2D eigenvalue weighted by molar-refractivity contribution is 0.0962. The van der Waals surface area contributed by atoms with E-state index in [-0.39, 0.29) is 11.8 Å². The molecule has 0 saturated heterocycles. The molecule has 0 fully saturated rings. The Hall–Kier alpha value is -3.93. The van der Waals surface area contributed by atoms with E-state index in [2.05, 4.69) is 15.6 Å². The predicted molar refractivity (Wildman–Crippen MR) is 107 cm³/mol. The summed E-state index contributed by atoms with van der Waals surface area (Å²) in [6, 6.07) is 19.5. The fourth-order valence-corrected chi connectivity index (χ4v) is 2.96. The number of anilines is 1. The minimum Gasteiger partial charge on any atom is -0.463 e. The summed E-state index contributed by atoms with van der Waals surface area (Å²) in [4.78, 5) is 29.2. The van der Waals surface area contributed by atoms with Crippen LogP contribution in [0.2, 0.25) is 0 Å². The van der Waals surface area contributed by atoms with Crippen molar-refractivity contribution in [1.82, 2.24) is 10.3 Å². The van der Waals surface area contributed by atoms with Gasteiger partial charge in [-0.05, 0) is 48.5 Å². The lowest BCUT2D eigenvalue weighted by Crippen LogP contribution is -2.18. The molecule has 28 heavy (non-hydrogen) atoms. The van der Waals surface area contributed by atoms with Crippen molar-refractivity contribution in [3.05, 3.63) is 84.1 Å². The maximum atomic E-state index is 13.0. The van der Waals surface area contributed by atoms with Crippen LogP contribution in [0.5, 0.6) is 0 Å². The number of amides is 2. The Morgan fingerprint density at radius 2 is 1.71 bits per heavy atom. The lowest BCUT2D eigenvalue weighted by Gasteiger charge is -2.10. The average Bonchev–Trinajstić information content (AvgIpc) is 3.28. The third kappa shape index (κ3) is 3.35. The predicted octanol–water partition coefficient (Wildman–Crippen LogP) is 4.11. The van der Waals surface area contributed by atoms with Crippen molar-refractivity contribution in [2.75, 3.05) is 12.4 Å². The van der Waals surface area contributed by atoms with Crippen LogP contribution >= 0.6 is 0 Å². The lowest BCUT2D eigenvalue weighted by atomic mass is 10.1. The van der Waals surface area contributed by atoms with Gasteiger partial charge in [-0.2, -0.15) is 0 Å². The number of carbonyl (C=O) groups excluding carboxylic acids is 2. The molecule has 6 nitrogen and oxygen atoms in total. The highest BCUT2D eigenvalue weighted by Crippen LogP contribution is 2.26. The maximum Gasteiger partial charge on any atom is 0.256 e. The Kier molecular flexibility index (Phi) is 4.60. The van der Waals surface area contributed by atoms with Crippen LogP contribution in [0.1, 0.15) is 20.7 Å². The molecule has 4 aromatic rings. The van der Waals surface area contributed by atoms with Crippen LogP contribution in [0.3, 0.4) is 0 Å². The summed E-state index contributed by atoms with van der Waals surface area (Å²) in [6.45, 7) is 0. The third-order valence-corrected chi connectivity index (χ3v) is 4.37. The molecule has 2 aromatic carbocycles. The Bertz CT molecular complexity index is 1150. The number of nitrogens with one attached hydrogen (secondary N) is 2. The van der Waals surface area contributed by atoms with Gasteiger partial charge in [0, 0.05) is 23.7 Å². The van der Waals surface area contributed by atoms with Gasteiger partial charge in [-0.1, -0.05) is 18.2 Å². The van der Waals surface area contributed by atoms with E-state index < -0.39 is 0 Å². The Morgan fingerprint density at radius 1 is 0.929 bits per heavy atom. The number of furan rings is 1. The number of carbonyl (C=O) groups is 2. The Labute approximate surface area is 161 Å². The van der Waals surface area contributed by atoms with Crippen molar-refractivity contribution in [1.29, 1.82) is 0 Å². The number of rotatable bonds is 4. The number of benzene rings is 2. The topological polar surface area (TPSA) is 84.2 Å². The molecule has 0 aliphatic carbocycles. The van der Waals surface area contributed by atoms with Crippen LogP contribution in [0.4, 0.5) is 5.69 Å². The zero-order chi connectivity index (χ0) is 19.5. The zero-order valence-electron chi connectivity index (χ0n) is 15.1. The van der Waals surface area contributed by atoms with Gasteiger partial charge >= 0.3 is 0 Å². The van der Waals surface area contributed by atoms with Gasteiger partial charge in [-0.25, -0.2) is 4.98 Å². The fourth-order valence-electron chi connectivity index (χ4n) is 2.96. The maximum absolute atomic E-state index is 13.0. The largest absolute Gasteiger partial charge is 0.463 e. The van der Waals surface area contributed by atoms with Crippen molar-refractivity contribution < 1.29 is 14.0 Å². The molecule has 0 saturated carbocycles. The molecule has 2 amide bonds. The summed E-state index contributed by atoms with van der Waals surface area (Å²) in [6.07, 6.45) is 1.57. The van der Waals surface area contributed by atoms with E-state index in [1.165, 1.54) is 0 Å². The van der Waals surface area contributed by atoms with Gasteiger partial charge in [0.05, 0.1) is 17.3 Å². The Balaban J connectivity index is 1.69. The monoisotopic (exact) mass is 371 g/mol. The minimum atomic E-state index is -0.265. The fraction of sp³-hybridized carbons (Fsp3) is 0.0455. The van der Waals surface area contributed by atoms with E-state index in [9.17, 15) is 9.59 Å². The average molecular weight is 371 g/mol. The van der Waals surface area contributed by atoms with Crippen LogP contribution in [0.25, 0.3) is 22.4 Å². The molecule has 0 aliphatic heterocycles. The summed E-state index contributed by atoms with van der Waals surface area (Å²) in [5.41, 5.74) is 2.90. The van der Waals surface area contributed by atoms with Crippen molar-refractivity contribution in [2.45, 2.75) is 0 Å². The first-order valence-electron chi connectivity index (χ1n) is 8.73. The summed E-state index contributed by atoms with van der Waals surface area (Å²) in [5, 5.41) is 6.19. The molecule has 0 aliphatic rings. The van der Waals surface area contributed by atoms with E-state index in [0.29, 0.717) is 33.8 Å². The van der Waals surface area contributed by atoms with Gasteiger partial charge in [0.2, 0.25) is 0 Å². The van der Waals surface area contributed by atoms with Crippen LogP contribution < -0.4 is 10.6 Å². The number of pyridine rings is 1. The number of aromatic nitrogens is 1. The molecule has 0 spiro atoms. The first kappa shape index (κ1) is 17.5. The minimum absolute atomic E-state index is 0.180. The molecular formula is C22H17N3O3. The van der Waals surface area contributed by atoms with Crippen molar-refractivity contribution in [3.8, 4) is 11.5 Å². The molecule has 0 unspecified atom stereocenters. The van der Waals surface area contributed by atoms with E-state index in [0.717, 1.165) is 5.39 Å². The summed E-state index contributed by atoms with van der Waals surface area (Å²) in [7, 11) is 1.57. The molecule has 2 heterocycles. The summed E-state index contributed by atoms with van der Waals surface area (Å²) < 4.78 is 5.44. The molecule has 0 radical (unpaired) electrons. The molecule has 0 bridgehead atoms.